The van der Waals surface area contributed by atoms with Gasteiger partial charge in [-0.25, -0.2) is 0 Å². The molecule has 0 aliphatic carbocycles. The second kappa shape index (κ2) is 8.77. The highest BCUT2D eigenvalue weighted by Gasteiger charge is 2.26. The van der Waals surface area contributed by atoms with E-state index in [4.69, 9.17) is 4.74 Å². The van der Waals surface area contributed by atoms with Gasteiger partial charge in [0.15, 0.2) is 0 Å². The molecular weight excluding hydrogens is 342 g/mol. The van der Waals surface area contributed by atoms with Crippen LogP contribution in [0.15, 0.2) is 48.5 Å². The zero-order valence-electron chi connectivity index (χ0n) is 15.9. The normalized spacial score (nSPS) is 16.0. The first kappa shape index (κ1) is 19.0. The number of piperazine rings is 1. The fourth-order valence-corrected chi connectivity index (χ4v) is 3.29. The Hall–Kier alpha value is -2.73. The molecule has 6 heteroatoms. The smallest absolute Gasteiger partial charge is 0.241 e. The van der Waals surface area contributed by atoms with Gasteiger partial charge in [0.25, 0.3) is 0 Å². The van der Waals surface area contributed by atoms with E-state index in [1.807, 2.05) is 50.2 Å². The quantitative estimate of drug-likeness (QED) is 0.820. The Morgan fingerprint density at radius 3 is 2.44 bits per heavy atom. The Labute approximate surface area is 160 Å². The Bertz CT molecular complexity index is 756. The van der Waals surface area contributed by atoms with Crippen LogP contribution in [0.5, 0.6) is 11.5 Å². The van der Waals surface area contributed by atoms with Crippen molar-refractivity contribution in [3.8, 4) is 11.5 Å². The van der Waals surface area contributed by atoms with Crippen molar-refractivity contribution in [2.24, 2.45) is 0 Å². The number of amides is 1. The molecule has 0 aromatic heterocycles. The van der Waals surface area contributed by atoms with Crippen molar-refractivity contribution in [1.29, 1.82) is 0 Å². The van der Waals surface area contributed by atoms with E-state index in [2.05, 4.69) is 15.1 Å². The fraction of sp³-hybridized carbons (Fsp3) is 0.381. The molecule has 1 fully saturated rings. The first-order valence-electron chi connectivity index (χ1n) is 9.39. The van der Waals surface area contributed by atoms with Crippen molar-refractivity contribution in [2.75, 3.05) is 43.0 Å². The SMILES string of the molecule is CCOc1ccccc1NC(=O)C(C)N1CCN(c2ccc(O)cc2)CC1. The maximum atomic E-state index is 12.7. The predicted octanol–water partition coefficient (Wildman–Crippen LogP) is 2.94. The summed E-state index contributed by atoms with van der Waals surface area (Å²) in [6.07, 6.45) is 0. The molecule has 1 unspecified atom stereocenters. The van der Waals surface area contributed by atoms with Crippen molar-refractivity contribution in [3.63, 3.8) is 0 Å². The summed E-state index contributed by atoms with van der Waals surface area (Å²) in [6.45, 7) is 7.73. The number of nitrogens with one attached hydrogen (secondary N) is 1. The number of ether oxygens (including phenoxy) is 1. The van der Waals surface area contributed by atoms with E-state index in [-0.39, 0.29) is 17.7 Å². The van der Waals surface area contributed by atoms with E-state index in [1.54, 1.807) is 12.1 Å². The molecule has 144 valence electrons. The molecule has 0 bridgehead atoms. The minimum atomic E-state index is -0.221. The second-order valence-corrected chi connectivity index (χ2v) is 6.63. The molecular formula is C21H27N3O3. The van der Waals surface area contributed by atoms with Gasteiger partial charge in [0.05, 0.1) is 18.3 Å². The summed E-state index contributed by atoms with van der Waals surface area (Å²) in [5, 5.41) is 12.4. The van der Waals surface area contributed by atoms with Crippen molar-refractivity contribution < 1.29 is 14.6 Å². The molecule has 2 N–H and O–H groups in total. The number of hydrogen-bond donors (Lipinski definition) is 2. The second-order valence-electron chi connectivity index (χ2n) is 6.63. The highest BCUT2D eigenvalue weighted by molar-refractivity contribution is 5.95. The van der Waals surface area contributed by atoms with E-state index in [0.29, 0.717) is 18.0 Å². The molecule has 27 heavy (non-hydrogen) atoms. The Morgan fingerprint density at radius 2 is 1.78 bits per heavy atom. The van der Waals surface area contributed by atoms with Crippen LogP contribution in [0.1, 0.15) is 13.8 Å². The third-order valence-corrected chi connectivity index (χ3v) is 4.90. The Kier molecular flexibility index (Phi) is 6.19. The molecule has 0 spiro atoms. The van der Waals surface area contributed by atoms with Gasteiger partial charge in [-0.15, -0.1) is 0 Å². The first-order chi connectivity index (χ1) is 13.1. The van der Waals surface area contributed by atoms with Crippen LogP contribution in [0.3, 0.4) is 0 Å². The van der Waals surface area contributed by atoms with Crippen LogP contribution in [0.2, 0.25) is 0 Å². The largest absolute Gasteiger partial charge is 0.508 e. The molecule has 1 aliphatic rings. The minimum Gasteiger partial charge on any atom is -0.508 e. The first-order valence-corrected chi connectivity index (χ1v) is 9.39. The average Bonchev–Trinajstić information content (AvgIpc) is 2.70. The molecule has 1 amide bonds. The van der Waals surface area contributed by atoms with Crippen molar-refractivity contribution in [3.05, 3.63) is 48.5 Å². The molecule has 2 aromatic rings. The van der Waals surface area contributed by atoms with E-state index in [0.717, 1.165) is 31.9 Å². The standard InChI is InChI=1S/C21H27N3O3/c1-3-27-20-7-5-4-6-19(20)22-21(26)16(2)23-12-14-24(15-13-23)17-8-10-18(25)11-9-17/h4-11,16,25H,3,12-15H2,1-2H3,(H,22,26). The summed E-state index contributed by atoms with van der Waals surface area (Å²) in [7, 11) is 0. The Morgan fingerprint density at radius 1 is 1.11 bits per heavy atom. The van der Waals surface area contributed by atoms with Crippen LogP contribution in [0, 0.1) is 0 Å². The van der Waals surface area contributed by atoms with Crippen LogP contribution in [-0.2, 0) is 4.79 Å². The maximum Gasteiger partial charge on any atom is 0.241 e. The van der Waals surface area contributed by atoms with Crippen LogP contribution < -0.4 is 15.0 Å². The maximum absolute atomic E-state index is 12.7. The molecule has 2 aromatic carbocycles. The number of anilines is 2. The van der Waals surface area contributed by atoms with Crippen molar-refractivity contribution in [2.45, 2.75) is 19.9 Å². The lowest BCUT2D eigenvalue weighted by atomic mass is 10.2. The molecule has 0 saturated carbocycles. The lowest BCUT2D eigenvalue weighted by molar-refractivity contribution is -0.120. The number of para-hydroxylation sites is 2. The number of nitrogens with zero attached hydrogens (tertiary/aromatic N) is 2. The molecule has 0 radical (unpaired) electrons. The zero-order chi connectivity index (χ0) is 19.2. The van der Waals surface area contributed by atoms with Gasteiger partial charge in [-0.3, -0.25) is 9.69 Å². The van der Waals surface area contributed by atoms with Gasteiger partial charge in [-0.1, -0.05) is 12.1 Å². The third-order valence-electron chi connectivity index (χ3n) is 4.90. The highest BCUT2D eigenvalue weighted by atomic mass is 16.5. The van der Waals surface area contributed by atoms with Crippen LogP contribution >= 0.6 is 0 Å². The average molecular weight is 369 g/mol. The predicted molar refractivity (Wildman–Crippen MR) is 108 cm³/mol. The van der Waals surface area contributed by atoms with E-state index < -0.39 is 0 Å². The van der Waals surface area contributed by atoms with Gasteiger partial charge >= 0.3 is 0 Å². The van der Waals surface area contributed by atoms with E-state index >= 15 is 0 Å². The van der Waals surface area contributed by atoms with E-state index in [1.165, 1.54) is 0 Å². The number of rotatable bonds is 6. The number of benzene rings is 2. The number of carbonyl (C=O) groups excluding carboxylic acids is 1. The molecule has 1 aliphatic heterocycles. The highest BCUT2D eigenvalue weighted by Crippen LogP contribution is 2.25. The minimum absolute atomic E-state index is 0.0276. The van der Waals surface area contributed by atoms with Gasteiger partial charge < -0.3 is 20.1 Å². The lowest BCUT2D eigenvalue weighted by Crippen LogP contribution is -2.52. The van der Waals surface area contributed by atoms with Gasteiger partial charge in [0.1, 0.15) is 11.5 Å². The number of phenolic OH excluding ortho intramolecular Hbond substituents is 1. The third kappa shape index (κ3) is 4.71. The summed E-state index contributed by atoms with van der Waals surface area (Å²) >= 11 is 0. The molecule has 1 saturated heterocycles. The van der Waals surface area contributed by atoms with Gasteiger partial charge in [0, 0.05) is 31.9 Å². The monoisotopic (exact) mass is 369 g/mol. The topological polar surface area (TPSA) is 65.0 Å². The Balaban J connectivity index is 1.56. The van der Waals surface area contributed by atoms with E-state index in [9.17, 15) is 9.90 Å². The lowest BCUT2D eigenvalue weighted by Gasteiger charge is -2.38. The van der Waals surface area contributed by atoms with Gasteiger partial charge in [0.2, 0.25) is 5.91 Å². The molecule has 1 atom stereocenters. The number of carbonyl (C=O) groups is 1. The number of hydrogen-bond acceptors (Lipinski definition) is 5. The molecule has 3 rings (SSSR count). The van der Waals surface area contributed by atoms with Gasteiger partial charge in [-0.05, 0) is 50.2 Å². The summed E-state index contributed by atoms with van der Waals surface area (Å²) in [5.41, 5.74) is 1.80. The summed E-state index contributed by atoms with van der Waals surface area (Å²) in [5.74, 6) is 0.938. The van der Waals surface area contributed by atoms with Crippen molar-refractivity contribution in [1.82, 2.24) is 4.90 Å². The fourth-order valence-electron chi connectivity index (χ4n) is 3.29. The summed E-state index contributed by atoms with van der Waals surface area (Å²) in [6, 6.07) is 14.5. The van der Waals surface area contributed by atoms with Crippen LogP contribution in [-0.4, -0.2) is 54.7 Å². The van der Waals surface area contributed by atoms with Crippen molar-refractivity contribution >= 4 is 17.3 Å². The van der Waals surface area contributed by atoms with Crippen LogP contribution in [0.25, 0.3) is 0 Å². The van der Waals surface area contributed by atoms with Crippen LogP contribution in [0.4, 0.5) is 11.4 Å². The summed E-state index contributed by atoms with van der Waals surface area (Å²) < 4.78 is 5.58. The number of phenols is 1. The number of aromatic hydroxyl groups is 1. The molecule has 1 heterocycles. The summed E-state index contributed by atoms with van der Waals surface area (Å²) in [4.78, 5) is 17.2. The zero-order valence-corrected chi connectivity index (χ0v) is 15.9. The molecule has 6 nitrogen and oxygen atoms in total. The van der Waals surface area contributed by atoms with Gasteiger partial charge in [-0.2, -0.15) is 0 Å².